The summed E-state index contributed by atoms with van der Waals surface area (Å²) in [5, 5.41) is 3.40. The maximum Gasteiger partial charge on any atom is 0.137 e. The Morgan fingerprint density at radius 3 is 2.80 bits per heavy atom. The smallest absolute Gasteiger partial charge is 0.137 e. The first-order valence-electron chi connectivity index (χ1n) is 6.88. The van der Waals surface area contributed by atoms with Gasteiger partial charge in [-0.25, -0.2) is 4.39 Å². The van der Waals surface area contributed by atoms with E-state index in [9.17, 15) is 9.18 Å². The molecule has 0 spiro atoms. The average molecular weight is 267 g/mol. The minimum absolute atomic E-state index is 0.0550. The Morgan fingerprint density at radius 2 is 1.95 bits per heavy atom. The Balaban J connectivity index is 1.85. The summed E-state index contributed by atoms with van der Waals surface area (Å²) in [5.74, 6) is 0.0846. The van der Waals surface area contributed by atoms with Crippen LogP contribution in [0.1, 0.15) is 35.1 Å². The van der Waals surface area contributed by atoms with Gasteiger partial charge in [-0.1, -0.05) is 30.3 Å². The van der Waals surface area contributed by atoms with E-state index in [1.807, 2.05) is 24.3 Å². The van der Waals surface area contributed by atoms with E-state index in [1.165, 1.54) is 11.6 Å². The van der Waals surface area contributed by atoms with Crippen LogP contribution in [0.25, 0.3) is 0 Å². The molecule has 4 rings (SSSR count). The monoisotopic (exact) mass is 267 g/mol. The van der Waals surface area contributed by atoms with Gasteiger partial charge in [0, 0.05) is 30.0 Å². The van der Waals surface area contributed by atoms with E-state index in [0.717, 1.165) is 11.3 Å². The van der Waals surface area contributed by atoms with Crippen LogP contribution in [0.15, 0.2) is 42.5 Å². The summed E-state index contributed by atoms with van der Waals surface area (Å²) >= 11 is 0. The van der Waals surface area contributed by atoms with Gasteiger partial charge in [0.1, 0.15) is 11.6 Å². The fourth-order valence-electron chi connectivity index (χ4n) is 3.54. The maximum absolute atomic E-state index is 14.1. The average Bonchev–Trinajstić information content (AvgIpc) is 2.79. The number of nitrogens with one attached hydrogen (secondary N) is 1. The van der Waals surface area contributed by atoms with Crippen molar-refractivity contribution in [3.63, 3.8) is 0 Å². The lowest BCUT2D eigenvalue weighted by atomic mass is 9.78. The highest BCUT2D eigenvalue weighted by Crippen LogP contribution is 2.50. The third-order valence-electron chi connectivity index (χ3n) is 4.36. The zero-order chi connectivity index (χ0) is 13.7. The number of carbonyl (C=O) groups excluding carboxylic acids is 1. The molecule has 0 fully saturated rings. The summed E-state index contributed by atoms with van der Waals surface area (Å²) in [7, 11) is 0. The summed E-state index contributed by atoms with van der Waals surface area (Å²) in [4.78, 5) is 12.0. The Bertz CT molecular complexity index is 710. The fraction of sp³-hybridized carbons (Fsp3) is 0.235. The van der Waals surface area contributed by atoms with E-state index < -0.39 is 0 Å². The van der Waals surface area contributed by atoms with Gasteiger partial charge in [-0.2, -0.15) is 0 Å². The lowest BCUT2D eigenvalue weighted by Crippen LogP contribution is -2.21. The Kier molecular flexibility index (Phi) is 2.43. The molecular weight excluding hydrogens is 253 g/mol. The molecule has 1 N–H and O–H groups in total. The molecule has 0 radical (unpaired) electrons. The topological polar surface area (TPSA) is 29.1 Å². The van der Waals surface area contributed by atoms with Gasteiger partial charge >= 0.3 is 0 Å². The zero-order valence-electron chi connectivity index (χ0n) is 10.9. The molecule has 0 bridgehead atoms. The van der Waals surface area contributed by atoms with E-state index in [0.29, 0.717) is 18.4 Å². The van der Waals surface area contributed by atoms with Gasteiger partial charge in [0.15, 0.2) is 0 Å². The number of hydrogen-bond donors (Lipinski definition) is 1. The normalized spacial score (nSPS) is 23.4. The highest BCUT2D eigenvalue weighted by molar-refractivity contribution is 5.87. The molecule has 100 valence electrons. The second kappa shape index (κ2) is 4.17. The molecule has 0 amide bonds. The van der Waals surface area contributed by atoms with Gasteiger partial charge in [0.2, 0.25) is 0 Å². The summed E-state index contributed by atoms with van der Waals surface area (Å²) in [5.41, 5.74) is 4.00. The van der Waals surface area contributed by atoms with Crippen molar-refractivity contribution in [3.05, 3.63) is 65.0 Å². The first-order valence-corrected chi connectivity index (χ1v) is 6.88. The van der Waals surface area contributed by atoms with Crippen LogP contribution in [0, 0.1) is 5.82 Å². The van der Waals surface area contributed by atoms with E-state index in [1.54, 1.807) is 12.1 Å². The van der Waals surface area contributed by atoms with Gasteiger partial charge < -0.3 is 5.32 Å². The minimum atomic E-state index is -0.211. The van der Waals surface area contributed by atoms with E-state index in [2.05, 4.69) is 5.32 Å². The molecule has 2 unspecified atom stereocenters. The first kappa shape index (κ1) is 11.6. The van der Waals surface area contributed by atoms with Gasteiger partial charge in [0.25, 0.3) is 0 Å². The van der Waals surface area contributed by atoms with Crippen molar-refractivity contribution >= 4 is 11.5 Å². The standard InChI is InChI=1S/C17H14FNO/c18-14-6-2-1-5-12(14)17-13-9-11(20)8-10-4-3-7-15(19-17)16(10)13/h1-7,13,17,19H,8-9H2. The summed E-state index contributed by atoms with van der Waals surface area (Å²) in [6.07, 6.45) is 1.00. The minimum Gasteiger partial charge on any atom is -0.377 e. The predicted octanol–water partition coefficient (Wildman–Crippen LogP) is 3.59. The van der Waals surface area contributed by atoms with Crippen molar-refractivity contribution in [1.29, 1.82) is 0 Å². The highest BCUT2D eigenvalue weighted by atomic mass is 19.1. The Labute approximate surface area is 116 Å². The van der Waals surface area contributed by atoms with E-state index >= 15 is 0 Å². The van der Waals surface area contributed by atoms with Crippen molar-refractivity contribution in [2.45, 2.75) is 24.8 Å². The molecule has 0 saturated carbocycles. The SMILES string of the molecule is O=C1Cc2cccc3c2C(C1)C(c1ccccc1F)N3. The molecule has 2 aliphatic rings. The first-order chi connectivity index (χ1) is 9.74. The lowest BCUT2D eigenvalue weighted by Gasteiger charge is -2.25. The van der Waals surface area contributed by atoms with Crippen molar-refractivity contribution < 1.29 is 9.18 Å². The van der Waals surface area contributed by atoms with Crippen LogP contribution in [0.2, 0.25) is 0 Å². The molecule has 0 saturated heterocycles. The quantitative estimate of drug-likeness (QED) is 0.855. The maximum atomic E-state index is 14.1. The molecule has 2 aromatic rings. The number of carbonyl (C=O) groups is 1. The van der Waals surface area contributed by atoms with Crippen molar-refractivity contribution in [2.75, 3.05) is 5.32 Å². The van der Waals surface area contributed by atoms with Crippen LogP contribution in [0.4, 0.5) is 10.1 Å². The van der Waals surface area contributed by atoms with Gasteiger partial charge in [-0.3, -0.25) is 4.79 Å². The van der Waals surface area contributed by atoms with Gasteiger partial charge in [-0.05, 0) is 23.3 Å². The van der Waals surface area contributed by atoms with Crippen LogP contribution in [-0.4, -0.2) is 5.78 Å². The molecule has 0 aromatic heterocycles. The molecule has 20 heavy (non-hydrogen) atoms. The molecule has 3 heteroatoms. The number of Topliss-reactive ketones (excluding diaryl/α,β-unsaturated/α-hetero) is 1. The predicted molar refractivity (Wildman–Crippen MR) is 75.3 cm³/mol. The van der Waals surface area contributed by atoms with Crippen LogP contribution < -0.4 is 5.32 Å². The van der Waals surface area contributed by atoms with Crippen LogP contribution >= 0.6 is 0 Å². The zero-order valence-corrected chi connectivity index (χ0v) is 10.9. The number of benzene rings is 2. The molecular formula is C17H14FNO. The number of halogens is 1. The summed E-state index contributed by atoms with van der Waals surface area (Å²) < 4.78 is 14.1. The number of hydrogen-bond acceptors (Lipinski definition) is 2. The van der Waals surface area contributed by atoms with Crippen LogP contribution in [0.5, 0.6) is 0 Å². The lowest BCUT2D eigenvalue weighted by molar-refractivity contribution is -0.119. The third kappa shape index (κ3) is 1.59. The molecule has 2 atom stereocenters. The van der Waals surface area contributed by atoms with E-state index in [4.69, 9.17) is 0 Å². The van der Waals surface area contributed by atoms with Crippen LogP contribution in [0.3, 0.4) is 0 Å². The summed E-state index contributed by atoms with van der Waals surface area (Å²) in [6, 6.07) is 12.7. The fourth-order valence-corrected chi connectivity index (χ4v) is 3.54. The Morgan fingerprint density at radius 1 is 1.10 bits per heavy atom. The van der Waals surface area contributed by atoms with Crippen molar-refractivity contribution in [1.82, 2.24) is 0 Å². The number of rotatable bonds is 1. The van der Waals surface area contributed by atoms with E-state index in [-0.39, 0.29) is 23.6 Å². The third-order valence-corrected chi connectivity index (χ3v) is 4.36. The molecule has 1 aliphatic heterocycles. The largest absolute Gasteiger partial charge is 0.377 e. The second-order valence-corrected chi connectivity index (χ2v) is 5.55. The van der Waals surface area contributed by atoms with Gasteiger partial charge in [0.05, 0.1) is 6.04 Å². The second-order valence-electron chi connectivity index (χ2n) is 5.55. The molecule has 2 nitrogen and oxygen atoms in total. The number of anilines is 1. The number of ketones is 1. The van der Waals surface area contributed by atoms with Crippen molar-refractivity contribution in [2.24, 2.45) is 0 Å². The summed E-state index contributed by atoms with van der Waals surface area (Å²) in [6.45, 7) is 0. The van der Waals surface area contributed by atoms with Crippen LogP contribution in [-0.2, 0) is 11.2 Å². The molecule has 2 aromatic carbocycles. The Hall–Kier alpha value is -2.16. The highest BCUT2D eigenvalue weighted by Gasteiger charge is 2.39. The molecule has 1 aliphatic carbocycles. The van der Waals surface area contributed by atoms with Crippen molar-refractivity contribution in [3.8, 4) is 0 Å². The van der Waals surface area contributed by atoms with Gasteiger partial charge in [-0.15, -0.1) is 0 Å². The molecule has 1 heterocycles.